The number of benzene rings is 2. The molecule has 0 radical (unpaired) electrons. The molecule has 2 nitrogen and oxygen atoms in total. The highest BCUT2D eigenvalue weighted by Gasteiger charge is 2.30. The Hall–Kier alpha value is -1.54. The molecule has 0 atom stereocenters. The summed E-state index contributed by atoms with van der Waals surface area (Å²) in [6, 6.07) is 13.5. The Morgan fingerprint density at radius 2 is 1.56 bits per heavy atom. The normalized spacial score (nSPS) is 24.4. The third-order valence-corrected chi connectivity index (χ3v) is 6.68. The second-order valence-electron chi connectivity index (χ2n) is 9.78. The van der Waals surface area contributed by atoms with E-state index in [1.54, 1.807) is 0 Å². The molecule has 1 aliphatic heterocycles. The summed E-state index contributed by atoms with van der Waals surface area (Å²) in [5, 5.41) is 2.62. The summed E-state index contributed by atoms with van der Waals surface area (Å²) in [6.07, 6.45) is 8.06. The monoisotopic (exact) mass is 365 g/mol. The SMILES string of the molecule is CC(C)(C)[C@H]1CC[C@H](Oc2ccc3cc(CN4CCCC4)ccc3c2)CC1. The number of hydrogen-bond donors (Lipinski definition) is 0. The third kappa shape index (κ3) is 4.66. The van der Waals surface area contributed by atoms with Crippen molar-refractivity contribution in [3.05, 3.63) is 42.0 Å². The number of rotatable bonds is 4. The van der Waals surface area contributed by atoms with E-state index in [9.17, 15) is 0 Å². The molecule has 146 valence electrons. The summed E-state index contributed by atoms with van der Waals surface area (Å²) >= 11 is 0. The van der Waals surface area contributed by atoms with Gasteiger partial charge in [-0.1, -0.05) is 39.0 Å². The summed E-state index contributed by atoms with van der Waals surface area (Å²) < 4.78 is 6.35. The molecule has 1 saturated heterocycles. The second kappa shape index (κ2) is 7.83. The number of hydrogen-bond acceptors (Lipinski definition) is 2. The molecule has 2 aromatic rings. The van der Waals surface area contributed by atoms with Crippen LogP contribution in [-0.2, 0) is 6.54 Å². The Kier molecular flexibility index (Phi) is 5.45. The van der Waals surface area contributed by atoms with Gasteiger partial charge in [-0.25, -0.2) is 0 Å². The van der Waals surface area contributed by atoms with E-state index in [0.29, 0.717) is 11.5 Å². The van der Waals surface area contributed by atoms with Crippen molar-refractivity contribution in [2.45, 2.75) is 71.9 Å². The number of likely N-dealkylation sites (tertiary alicyclic amines) is 1. The van der Waals surface area contributed by atoms with Gasteiger partial charge in [-0.3, -0.25) is 4.90 Å². The maximum Gasteiger partial charge on any atom is 0.120 e. The van der Waals surface area contributed by atoms with E-state index in [1.807, 2.05) is 0 Å². The smallest absolute Gasteiger partial charge is 0.120 e. The minimum Gasteiger partial charge on any atom is -0.490 e. The van der Waals surface area contributed by atoms with Crippen LogP contribution in [0.25, 0.3) is 10.8 Å². The molecule has 0 bridgehead atoms. The quantitative estimate of drug-likeness (QED) is 0.620. The van der Waals surface area contributed by atoms with E-state index in [4.69, 9.17) is 4.74 Å². The molecular weight excluding hydrogens is 330 g/mol. The first kappa shape index (κ1) is 18.8. The van der Waals surface area contributed by atoms with Crippen molar-refractivity contribution in [2.75, 3.05) is 13.1 Å². The van der Waals surface area contributed by atoms with Crippen molar-refractivity contribution in [1.29, 1.82) is 0 Å². The van der Waals surface area contributed by atoms with Crippen LogP contribution >= 0.6 is 0 Å². The molecule has 2 fully saturated rings. The minimum absolute atomic E-state index is 0.385. The van der Waals surface area contributed by atoms with Gasteiger partial charge in [0.2, 0.25) is 0 Å². The molecule has 2 aliphatic rings. The first-order valence-electron chi connectivity index (χ1n) is 10.9. The molecule has 0 amide bonds. The number of ether oxygens (including phenoxy) is 1. The fourth-order valence-electron chi connectivity index (χ4n) is 4.88. The van der Waals surface area contributed by atoms with Crippen LogP contribution in [0.5, 0.6) is 5.75 Å². The molecule has 1 saturated carbocycles. The van der Waals surface area contributed by atoms with Crippen LogP contribution in [0.15, 0.2) is 36.4 Å². The zero-order chi connectivity index (χ0) is 18.9. The number of fused-ring (bicyclic) bond motifs is 1. The van der Waals surface area contributed by atoms with E-state index in [2.05, 4.69) is 62.1 Å². The maximum absolute atomic E-state index is 6.35. The standard InChI is InChI=1S/C25H35NO/c1-25(2,3)22-9-12-23(13-10-22)27-24-11-8-20-16-19(6-7-21(20)17-24)18-26-14-4-5-15-26/h6-8,11,16-17,22-23H,4-5,9-10,12-15,18H2,1-3H3/t22-,23-. The molecule has 2 aromatic carbocycles. The topological polar surface area (TPSA) is 12.5 Å². The number of nitrogens with zero attached hydrogens (tertiary/aromatic N) is 1. The molecule has 27 heavy (non-hydrogen) atoms. The zero-order valence-electron chi connectivity index (χ0n) is 17.3. The lowest BCUT2D eigenvalue weighted by Crippen LogP contribution is -2.30. The molecule has 2 heteroatoms. The van der Waals surface area contributed by atoms with Crippen molar-refractivity contribution in [2.24, 2.45) is 11.3 Å². The highest BCUT2D eigenvalue weighted by molar-refractivity contribution is 5.84. The average molecular weight is 366 g/mol. The maximum atomic E-state index is 6.35. The van der Waals surface area contributed by atoms with Crippen LogP contribution in [0, 0.1) is 11.3 Å². The van der Waals surface area contributed by atoms with Crippen LogP contribution in [0.4, 0.5) is 0 Å². The first-order valence-corrected chi connectivity index (χ1v) is 10.9. The average Bonchev–Trinajstić information content (AvgIpc) is 3.14. The van der Waals surface area contributed by atoms with Gasteiger partial charge in [0.15, 0.2) is 0 Å². The lowest BCUT2D eigenvalue weighted by molar-refractivity contribution is 0.0883. The van der Waals surface area contributed by atoms with Crippen molar-refractivity contribution < 1.29 is 4.74 Å². The summed E-state index contributed by atoms with van der Waals surface area (Å²) in [7, 11) is 0. The molecule has 4 rings (SSSR count). The molecule has 0 aromatic heterocycles. The minimum atomic E-state index is 0.385. The molecule has 1 aliphatic carbocycles. The summed E-state index contributed by atoms with van der Waals surface area (Å²) in [4.78, 5) is 2.56. The van der Waals surface area contributed by atoms with Gasteiger partial charge < -0.3 is 4.74 Å². The van der Waals surface area contributed by atoms with Crippen LogP contribution in [0.3, 0.4) is 0 Å². The Balaban J connectivity index is 1.38. The van der Waals surface area contributed by atoms with Crippen molar-refractivity contribution >= 4 is 10.8 Å². The van der Waals surface area contributed by atoms with Crippen LogP contribution in [-0.4, -0.2) is 24.1 Å². The van der Waals surface area contributed by atoms with Crippen LogP contribution in [0.1, 0.15) is 64.9 Å². The Morgan fingerprint density at radius 1 is 0.889 bits per heavy atom. The van der Waals surface area contributed by atoms with Crippen molar-refractivity contribution in [1.82, 2.24) is 4.90 Å². The van der Waals surface area contributed by atoms with Crippen LogP contribution in [0.2, 0.25) is 0 Å². The van der Waals surface area contributed by atoms with E-state index in [0.717, 1.165) is 18.2 Å². The lowest BCUT2D eigenvalue weighted by atomic mass is 9.72. The molecule has 0 unspecified atom stereocenters. The van der Waals surface area contributed by atoms with Crippen molar-refractivity contribution in [3.63, 3.8) is 0 Å². The first-order chi connectivity index (χ1) is 13.0. The van der Waals surface area contributed by atoms with Crippen molar-refractivity contribution in [3.8, 4) is 5.75 Å². The van der Waals surface area contributed by atoms with Gasteiger partial charge in [0.25, 0.3) is 0 Å². The highest BCUT2D eigenvalue weighted by atomic mass is 16.5. The fourth-order valence-corrected chi connectivity index (χ4v) is 4.88. The molecule has 0 spiro atoms. The predicted octanol–water partition coefficient (Wildman–Crippen LogP) is 6.42. The highest BCUT2D eigenvalue weighted by Crippen LogP contribution is 2.39. The van der Waals surface area contributed by atoms with E-state index < -0.39 is 0 Å². The van der Waals surface area contributed by atoms with E-state index >= 15 is 0 Å². The van der Waals surface area contributed by atoms with Crippen LogP contribution < -0.4 is 4.74 Å². The Bertz CT molecular complexity index is 761. The van der Waals surface area contributed by atoms with Gasteiger partial charge in [0.1, 0.15) is 5.75 Å². The molecule has 1 heterocycles. The zero-order valence-corrected chi connectivity index (χ0v) is 17.3. The largest absolute Gasteiger partial charge is 0.490 e. The summed E-state index contributed by atoms with van der Waals surface area (Å²) in [5.41, 5.74) is 1.86. The Morgan fingerprint density at radius 3 is 2.26 bits per heavy atom. The predicted molar refractivity (Wildman–Crippen MR) is 114 cm³/mol. The second-order valence-corrected chi connectivity index (χ2v) is 9.78. The lowest BCUT2D eigenvalue weighted by Gasteiger charge is -2.37. The van der Waals surface area contributed by atoms with Gasteiger partial charge >= 0.3 is 0 Å². The molecular formula is C25H35NO. The Labute approximate surface area is 164 Å². The van der Waals surface area contributed by atoms with Gasteiger partial charge in [-0.15, -0.1) is 0 Å². The van der Waals surface area contributed by atoms with E-state index in [1.165, 1.54) is 68.0 Å². The fraction of sp³-hybridized carbons (Fsp3) is 0.600. The van der Waals surface area contributed by atoms with Gasteiger partial charge in [-0.05, 0) is 97.5 Å². The third-order valence-electron chi connectivity index (χ3n) is 6.68. The summed E-state index contributed by atoms with van der Waals surface area (Å²) in [6.45, 7) is 10.7. The molecule has 0 N–H and O–H groups in total. The summed E-state index contributed by atoms with van der Waals surface area (Å²) in [5.74, 6) is 1.87. The van der Waals surface area contributed by atoms with Gasteiger partial charge in [0, 0.05) is 6.54 Å². The van der Waals surface area contributed by atoms with E-state index in [-0.39, 0.29) is 0 Å². The van der Waals surface area contributed by atoms with Gasteiger partial charge in [0.05, 0.1) is 6.10 Å². The van der Waals surface area contributed by atoms with Gasteiger partial charge in [-0.2, -0.15) is 0 Å².